The Balaban J connectivity index is 2.06. The van der Waals surface area contributed by atoms with E-state index in [1.54, 1.807) is 7.11 Å². The Labute approximate surface area is 122 Å². The van der Waals surface area contributed by atoms with Crippen molar-refractivity contribution in [3.8, 4) is 5.75 Å². The zero-order chi connectivity index (χ0) is 14.6. The monoisotopic (exact) mass is 277 g/mol. The number of para-hydroxylation sites is 1. The Morgan fingerprint density at radius 1 is 1.40 bits per heavy atom. The molecule has 0 bridgehead atoms. The highest BCUT2D eigenvalue weighted by Gasteiger charge is 2.31. The van der Waals surface area contributed by atoms with Gasteiger partial charge in [-0.1, -0.05) is 25.1 Å². The minimum atomic E-state index is -0.0628. The molecule has 3 nitrogen and oxygen atoms in total. The second-order valence-electron chi connectivity index (χ2n) is 6.12. The van der Waals surface area contributed by atoms with Crippen molar-refractivity contribution in [3.63, 3.8) is 0 Å². The summed E-state index contributed by atoms with van der Waals surface area (Å²) < 4.78 is 11.4. The number of methoxy groups -OCH3 is 1. The average molecular weight is 277 g/mol. The molecule has 2 unspecified atom stereocenters. The molecule has 0 saturated heterocycles. The summed E-state index contributed by atoms with van der Waals surface area (Å²) >= 11 is 0. The van der Waals surface area contributed by atoms with Crippen LogP contribution in [0.5, 0.6) is 5.75 Å². The summed E-state index contributed by atoms with van der Waals surface area (Å²) in [4.78, 5) is 0. The summed E-state index contributed by atoms with van der Waals surface area (Å²) in [6, 6.07) is 8.84. The molecule has 0 spiro atoms. The van der Waals surface area contributed by atoms with Gasteiger partial charge in [-0.2, -0.15) is 0 Å². The van der Waals surface area contributed by atoms with E-state index >= 15 is 0 Å². The van der Waals surface area contributed by atoms with Crippen molar-refractivity contribution in [2.24, 2.45) is 0 Å². The van der Waals surface area contributed by atoms with Crippen LogP contribution in [0.25, 0.3) is 0 Å². The second kappa shape index (κ2) is 6.59. The van der Waals surface area contributed by atoms with Crippen LogP contribution in [-0.4, -0.2) is 31.9 Å². The van der Waals surface area contributed by atoms with Gasteiger partial charge in [0.15, 0.2) is 0 Å². The second-order valence-corrected chi connectivity index (χ2v) is 6.12. The zero-order valence-corrected chi connectivity index (χ0v) is 13.1. The predicted molar refractivity (Wildman–Crippen MR) is 82.5 cm³/mol. The first-order chi connectivity index (χ1) is 9.57. The van der Waals surface area contributed by atoms with Crippen LogP contribution < -0.4 is 10.1 Å². The third kappa shape index (κ3) is 3.53. The normalized spacial score (nSPS) is 19.5. The molecule has 2 atom stereocenters. The van der Waals surface area contributed by atoms with Gasteiger partial charge in [0.25, 0.3) is 0 Å². The number of ether oxygens (including phenoxy) is 2. The van der Waals surface area contributed by atoms with Gasteiger partial charge in [0, 0.05) is 24.6 Å². The highest BCUT2D eigenvalue weighted by Crippen LogP contribution is 2.37. The molecule has 0 fully saturated rings. The van der Waals surface area contributed by atoms with Gasteiger partial charge in [-0.05, 0) is 39.3 Å². The molecule has 2 rings (SSSR count). The van der Waals surface area contributed by atoms with Crippen molar-refractivity contribution >= 4 is 0 Å². The SMILES string of the molecule is CCNC(CCC(C)(C)OC)C1COc2ccccc21. The van der Waals surface area contributed by atoms with Gasteiger partial charge in [-0.15, -0.1) is 0 Å². The molecule has 0 aromatic heterocycles. The lowest BCUT2D eigenvalue weighted by molar-refractivity contribution is 0.0109. The number of rotatable bonds is 7. The summed E-state index contributed by atoms with van der Waals surface area (Å²) in [6.45, 7) is 8.22. The van der Waals surface area contributed by atoms with Crippen LogP contribution in [0.1, 0.15) is 45.1 Å². The number of benzene rings is 1. The van der Waals surface area contributed by atoms with E-state index in [1.807, 2.05) is 6.07 Å². The third-order valence-electron chi connectivity index (χ3n) is 4.30. The first kappa shape index (κ1) is 15.3. The van der Waals surface area contributed by atoms with Crippen molar-refractivity contribution in [2.45, 2.75) is 51.2 Å². The molecule has 1 aromatic rings. The van der Waals surface area contributed by atoms with Crippen LogP contribution in [0.15, 0.2) is 24.3 Å². The average Bonchev–Trinajstić information content (AvgIpc) is 2.87. The van der Waals surface area contributed by atoms with Crippen LogP contribution in [-0.2, 0) is 4.74 Å². The fourth-order valence-corrected chi connectivity index (χ4v) is 2.83. The summed E-state index contributed by atoms with van der Waals surface area (Å²) in [5, 5.41) is 3.63. The summed E-state index contributed by atoms with van der Waals surface area (Å²) in [5.74, 6) is 1.49. The number of nitrogens with one attached hydrogen (secondary N) is 1. The molecule has 0 aliphatic carbocycles. The molecule has 20 heavy (non-hydrogen) atoms. The van der Waals surface area contributed by atoms with Crippen LogP contribution in [0.3, 0.4) is 0 Å². The van der Waals surface area contributed by atoms with E-state index in [2.05, 4.69) is 44.3 Å². The molecule has 0 radical (unpaired) electrons. The van der Waals surface area contributed by atoms with Gasteiger partial charge >= 0.3 is 0 Å². The van der Waals surface area contributed by atoms with Gasteiger partial charge in [0.2, 0.25) is 0 Å². The summed E-state index contributed by atoms with van der Waals surface area (Å²) in [6.07, 6.45) is 2.14. The van der Waals surface area contributed by atoms with E-state index in [-0.39, 0.29) is 5.60 Å². The van der Waals surface area contributed by atoms with Crippen LogP contribution in [0.4, 0.5) is 0 Å². The molecule has 112 valence electrons. The minimum absolute atomic E-state index is 0.0628. The van der Waals surface area contributed by atoms with E-state index in [0.29, 0.717) is 12.0 Å². The Morgan fingerprint density at radius 2 is 2.15 bits per heavy atom. The topological polar surface area (TPSA) is 30.5 Å². The molecule has 3 heteroatoms. The lowest BCUT2D eigenvalue weighted by Gasteiger charge is -2.29. The van der Waals surface area contributed by atoms with E-state index < -0.39 is 0 Å². The molecular weight excluding hydrogens is 250 g/mol. The molecule has 1 aliphatic heterocycles. The predicted octanol–water partition coefficient (Wildman–Crippen LogP) is 3.35. The molecule has 1 N–H and O–H groups in total. The quantitative estimate of drug-likeness (QED) is 0.829. The third-order valence-corrected chi connectivity index (χ3v) is 4.30. The maximum absolute atomic E-state index is 5.83. The smallest absolute Gasteiger partial charge is 0.122 e. The Bertz CT molecular complexity index is 431. The molecular formula is C17H27NO2. The molecule has 0 saturated carbocycles. The van der Waals surface area contributed by atoms with Gasteiger partial charge in [-0.3, -0.25) is 0 Å². The largest absolute Gasteiger partial charge is 0.493 e. The first-order valence-corrected chi connectivity index (χ1v) is 7.57. The van der Waals surface area contributed by atoms with Crippen molar-refractivity contribution in [3.05, 3.63) is 29.8 Å². The van der Waals surface area contributed by atoms with Crippen LogP contribution in [0, 0.1) is 0 Å². The van der Waals surface area contributed by atoms with Crippen molar-refractivity contribution in [2.75, 3.05) is 20.3 Å². The maximum atomic E-state index is 5.83. The van der Waals surface area contributed by atoms with E-state index in [0.717, 1.165) is 31.7 Å². The number of hydrogen-bond donors (Lipinski definition) is 1. The van der Waals surface area contributed by atoms with E-state index in [4.69, 9.17) is 9.47 Å². The molecule has 1 aromatic carbocycles. The number of fused-ring (bicyclic) bond motifs is 1. The van der Waals surface area contributed by atoms with E-state index in [9.17, 15) is 0 Å². The van der Waals surface area contributed by atoms with Gasteiger partial charge < -0.3 is 14.8 Å². The van der Waals surface area contributed by atoms with E-state index in [1.165, 1.54) is 5.56 Å². The number of likely N-dealkylation sites (N-methyl/N-ethyl adjacent to an activating group) is 1. The molecule has 0 amide bonds. The lowest BCUT2D eigenvalue weighted by atomic mass is 9.87. The highest BCUT2D eigenvalue weighted by molar-refractivity contribution is 5.40. The lowest BCUT2D eigenvalue weighted by Crippen LogP contribution is -2.37. The molecule has 1 aliphatic rings. The Kier molecular flexibility index (Phi) is 5.06. The van der Waals surface area contributed by atoms with Gasteiger partial charge in [0.05, 0.1) is 12.2 Å². The standard InChI is InChI=1S/C17H27NO2/c1-5-18-15(10-11-17(2,3)19-4)14-12-20-16-9-7-6-8-13(14)16/h6-9,14-15,18H,5,10-12H2,1-4H3. The fourth-order valence-electron chi connectivity index (χ4n) is 2.83. The Hall–Kier alpha value is -1.06. The minimum Gasteiger partial charge on any atom is -0.493 e. The van der Waals surface area contributed by atoms with Crippen molar-refractivity contribution < 1.29 is 9.47 Å². The summed E-state index contributed by atoms with van der Waals surface area (Å²) in [5.41, 5.74) is 1.28. The van der Waals surface area contributed by atoms with Crippen molar-refractivity contribution in [1.29, 1.82) is 0 Å². The van der Waals surface area contributed by atoms with Crippen molar-refractivity contribution in [1.82, 2.24) is 5.32 Å². The number of hydrogen-bond acceptors (Lipinski definition) is 3. The molecule has 1 heterocycles. The Morgan fingerprint density at radius 3 is 2.85 bits per heavy atom. The maximum Gasteiger partial charge on any atom is 0.122 e. The summed E-state index contributed by atoms with van der Waals surface area (Å²) in [7, 11) is 1.79. The van der Waals surface area contributed by atoms with Crippen LogP contribution >= 0.6 is 0 Å². The van der Waals surface area contributed by atoms with Crippen LogP contribution in [0.2, 0.25) is 0 Å². The van der Waals surface area contributed by atoms with Gasteiger partial charge in [-0.25, -0.2) is 0 Å². The highest BCUT2D eigenvalue weighted by atomic mass is 16.5. The first-order valence-electron chi connectivity index (χ1n) is 7.57. The fraction of sp³-hybridized carbons (Fsp3) is 0.647. The zero-order valence-electron chi connectivity index (χ0n) is 13.1. The van der Waals surface area contributed by atoms with Gasteiger partial charge in [0.1, 0.15) is 5.75 Å².